The van der Waals surface area contributed by atoms with Crippen LogP contribution >= 0.6 is 11.3 Å². The fraction of sp³-hybridized carbons (Fsp3) is 0.683. The zero-order valence-electron chi connectivity index (χ0n) is 30.7. The molecule has 0 fully saturated rings. The van der Waals surface area contributed by atoms with Crippen LogP contribution in [0.25, 0.3) is 0 Å². The van der Waals surface area contributed by atoms with Crippen LogP contribution in [0.4, 0.5) is 0 Å². The molecule has 49 heavy (non-hydrogen) atoms. The van der Waals surface area contributed by atoms with E-state index >= 15 is 0 Å². The molecule has 7 nitrogen and oxygen atoms in total. The van der Waals surface area contributed by atoms with Gasteiger partial charge in [0.05, 0.1) is 6.42 Å². The molecule has 8 heteroatoms. The second kappa shape index (κ2) is 25.3. The number of benzene rings is 1. The molecule has 0 unspecified atom stereocenters. The molecule has 1 heterocycles. The fourth-order valence-electron chi connectivity index (χ4n) is 6.85. The van der Waals surface area contributed by atoms with E-state index in [2.05, 4.69) is 53.0 Å². The van der Waals surface area contributed by atoms with E-state index in [-0.39, 0.29) is 24.2 Å². The summed E-state index contributed by atoms with van der Waals surface area (Å²) in [5.41, 5.74) is 2.46. The molecule has 2 amide bonds. The molecule has 0 bridgehead atoms. The first-order valence-electron chi connectivity index (χ1n) is 19.6. The lowest BCUT2D eigenvalue weighted by Gasteiger charge is -2.35. The van der Waals surface area contributed by atoms with Gasteiger partial charge in [-0.2, -0.15) is 0 Å². The van der Waals surface area contributed by atoms with E-state index < -0.39 is 0 Å². The molecule has 1 aromatic carbocycles. The molecule has 0 aliphatic heterocycles. The number of fused-ring (bicyclic) bond motifs is 1. The maximum absolute atomic E-state index is 12.7. The Morgan fingerprint density at radius 1 is 0.755 bits per heavy atom. The van der Waals surface area contributed by atoms with Gasteiger partial charge in [-0.25, -0.2) is 0 Å². The Labute approximate surface area is 301 Å². The topological polar surface area (TPSA) is 87.7 Å². The number of esters is 1. The molecule has 2 aromatic rings. The molecule has 0 spiro atoms. The van der Waals surface area contributed by atoms with E-state index in [0.29, 0.717) is 31.2 Å². The molecule has 0 radical (unpaired) electrons. The van der Waals surface area contributed by atoms with Crippen LogP contribution < -0.4 is 15.4 Å². The normalized spacial score (nSPS) is 14.1. The van der Waals surface area contributed by atoms with Gasteiger partial charge in [0.2, 0.25) is 11.8 Å². The van der Waals surface area contributed by atoms with Gasteiger partial charge in [-0.1, -0.05) is 96.3 Å². The highest BCUT2D eigenvalue weighted by molar-refractivity contribution is 7.09. The van der Waals surface area contributed by atoms with Crippen LogP contribution in [0, 0.1) is 0 Å². The van der Waals surface area contributed by atoms with Crippen molar-refractivity contribution in [3.8, 4) is 5.75 Å². The molecule has 0 saturated carbocycles. The van der Waals surface area contributed by atoms with Crippen molar-refractivity contribution in [2.45, 2.75) is 155 Å². The number of ether oxygens (including phenoxy) is 1. The van der Waals surface area contributed by atoms with E-state index in [0.717, 1.165) is 90.3 Å². The summed E-state index contributed by atoms with van der Waals surface area (Å²) in [5.74, 6) is 0.623. The van der Waals surface area contributed by atoms with Crippen LogP contribution in [-0.2, 0) is 33.6 Å². The summed E-state index contributed by atoms with van der Waals surface area (Å²) in [4.78, 5) is 40.8. The van der Waals surface area contributed by atoms with E-state index in [1.165, 1.54) is 60.9 Å². The SMILES string of the molecule is CCCCNC(=O)CCCCCCCCCCCCCC(=O)NCCC(=O)Oc1cccc2c1CC[C@@H](N(CCC)CCc1cccs1)C2. The summed E-state index contributed by atoms with van der Waals surface area (Å²) in [6, 6.07) is 11.0. The van der Waals surface area contributed by atoms with Gasteiger partial charge < -0.3 is 15.4 Å². The van der Waals surface area contributed by atoms with Crippen LogP contribution in [-0.4, -0.2) is 54.9 Å². The number of hydrogen-bond acceptors (Lipinski definition) is 6. The molecule has 3 rings (SSSR count). The van der Waals surface area contributed by atoms with E-state index in [1.54, 1.807) is 0 Å². The van der Waals surface area contributed by atoms with Gasteiger partial charge in [-0.05, 0) is 86.6 Å². The van der Waals surface area contributed by atoms with E-state index in [1.807, 2.05) is 23.5 Å². The Hall–Kier alpha value is -2.71. The van der Waals surface area contributed by atoms with Crippen LogP contribution in [0.1, 0.15) is 145 Å². The van der Waals surface area contributed by atoms with Crippen molar-refractivity contribution < 1.29 is 19.1 Å². The first kappa shape index (κ1) is 40.7. The smallest absolute Gasteiger partial charge is 0.312 e. The van der Waals surface area contributed by atoms with Crippen LogP contribution in [0.2, 0.25) is 0 Å². The highest BCUT2D eigenvalue weighted by atomic mass is 32.1. The first-order valence-corrected chi connectivity index (χ1v) is 20.5. The Bertz CT molecular complexity index is 1200. The van der Waals surface area contributed by atoms with Crippen molar-refractivity contribution in [2.24, 2.45) is 0 Å². The predicted octanol–water partition coefficient (Wildman–Crippen LogP) is 8.96. The third kappa shape index (κ3) is 17.2. The first-order chi connectivity index (χ1) is 24.0. The number of hydrogen-bond donors (Lipinski definition) is 2. The second-order valence-electron chi connectivity index (χ2n) is 13.8. The van der Waals surface area contributed by atoms with Crippen molar-refractivity contribution >= 4 is 29.1 Å². The predicted molar refractivity (Wildman–Crippen MR) is 203 cm³/mol. The standard InChI is InChI=1S/C41H65N3O4S/c1-3-5-28-42-39(45)22-15-13-11-9-7-6-8-10-12-14-16-23-40(46)43-29-26-41(47)48-38-21-17-19-34-33-35(24-25-37(34)38)44(30-4-2)31-27-36-20-18-32-49-36/h17-21,32,35H,3-16,22-31,33H2,1-2H3,(H,42,45)(H,43,46)/t35-/m1/s1. The lowest BCUT2D eigenvalue weighted by Crippen LogP contribution is -2.41. The highest BCUT2D eigenvalue weighted by Gasteiger charge is 2.26. The van der Waals surface area contributed by atoms with Crippen LogP contribution in [0.15, 0.2) is 35.7 Å². The maximum atomic E-state index is 12.7. The highest BCUT2D eigenvalue weighted by Crippen LogP contribution is 2.32. The van der Waals surface area contributed by atoms with Gasteiger partial charge in [-0.3, -0.25) is 19.3 Å². The number of amides is 2. The molecule has 1 atom stereocenters. The van der Waals surface area contributed by atoms with E-state index in [4.69, 9.17) is 4.74 Å². The van der Waals surface area contributed by atoms with Crippen molar-refractivity contribution in [1.82, 2.24) is 15.5 Å². The number of carbonyl (C=O) groups is 3. The van der Waals surface area contributed by atoms with Gasteiger partial charge in [-0.15, -0.1) is 11.3 Å². The van der Waals surface area contributed by atoms with Crippen molar-refractivity contribution in [3.63, 3.8) is 0 Å². The Morgan fingerprint density at radius 3 is 2.02 bits per heavy atom. The Kier molecular flexibility index (Phi) is 21.0. The molecular weight excluding hydrogens is 631 g/mol. The molecule has 1 aromatic heterocycles. The summed E-state index contributed by atoms with van der Waals surface area (Å²) in [5, 5.41) is 8.05. The van der Waals surface area contributed by atoms with Crippen molar-refractivity contribution in [1.29, 1.82) is 0 Å². The third-order valence-electron chi connectivity index (χ3n) is 9.70. The number of nitrogens with one attached hydrogen (secondary N) is 2. The van der Waals surface area contributed by atoms with Gasteiger partial charge in [0.25, 0.3) is 0 Å². The van der Waals surface area contributed by atoms with Crippen LogP contribution in [0.3, 0.4) is 0 Å². The van der Waals surface area contributed by atoms with Crippen molar-refractivity contribution in [2.75, 3.05) is 26.2 Å². The lowest BCUT2D eigenvalue weighted by atomic mass is 9.86. The fourth-order valence-corrected chi connectivity index (χ4v) is 7.55. The summed E-state index contributed by atoms with van der Waals surface area (Å²) < 4.78 is 5.82. The minimum atomic E-state index is -0.287. The quantitative estimate of drug-likeness (QED) is 0.0554. The Balaban J connectivity index is 1.19. The molecule has 274 valence electrons. The zero-order chi connectivity index (χ0) is 34.9. The lowest BCUT2D eigenvalue weighted by molar-refractivity contribution is -0.134. The minimum Gasteiger partial charge on any atom is -0.426 e. The molecular formula is C41H65N3O4S. The average Bonchev–Trinajstić information content (AvgIpc) is 3.62. The van der Waals surface area contributed by atoms with Crippen molar-refractivity contribution in [3.05, 3.63) is 51.7 Å². The summed E-state index contributed by atoms with van der Waals surface area (Å²) in [7, 11) is 0. The Morgan fingerprint density at radius 2 is 1.41 bits per heavy atom. The summed E-state index contributed by atoms with van der Waals surface area (Å²) >= 11 is 1.84. The molecule has 0 saturated heterocycles. The number of carbonyl (C=O) groups excluding carboxylic acids is 3. The van der Waals surface area contributed by atoms with Gasteiger partial charge in [0.1, 0.15) is 5.75 Å². The van der Waals surface area contributed by atoms with Gasteiger partial charge in [0.15, 0.2) is 0 Å². The monoisotopic (exact) mass is 695 g/mol. The van der Waals surface area contributed by atoms with Crippen LogP contribution in [0.5, 0.6) is 5.75 Å². The van der Waals surface area contributed by atoms with Gasteiger partial charge in [0, 0.05) is 43.4 Å². The van der Waals surface area contributed by atoms with Gasteiger partial charge >= 0.3 is 5.97 Å². The largest absolute Gasteiger partial charge is 0.426 e. The number of unbranched alkanes of at least 4 members (excludes halogenated alkanes) is 11. The molecule has 2 N–H and O–H groups in total. The maximum Gasteiger partial charge on any atom is 0.312 e. The second-order valence-corrected chi connectivity index (χ2v) is 14.9. The molecule has 1 aliphatic carbocycles. The minimum absolute atomic E-state index is 0.0186. The van der Waals surface area contributed by atoms with E-state index in [9.17, 15) is 14.4 Å². The number of thiophene rings is 1. The third-order valence-corrected chi connectivity index (χ3v) is 10.6. The number of nitrogens with zero attached hydrogens (tertiary/aromatic N) is 1. The molecule has 1 aliphatic rings. The number of rotatable bonds is 27. The summed E-state index contributed by atoms with van der Waals surface area (Å²) in [6.45, 7) is 7.71. The average molecular weight is 696 g/mol. The summed E-state index contributed by atoms with van der Waals surface area (Å²) in [6.07, 6.45) is 21.6. The zero-order valence-corrected chi connectivity index (χ0v) is 31.5.